The van der Waals surface area contributed by atoms with Crippen LogP contribution in [0.25, 0.3) is 0 Å². The number of β-amino-alcohol motifs (C(OH)–C–C–N with tert-alkyl or cyclic N) is 1. The summed E-state index contributed by atoms with van der Waals surface area (Å²) >= 11 is 0. The molecule has 0 radical (unpaired) electrons. The van der Waals surface area contributed by atoms with Crippen molar-refractivity contribution < 1.29 is 9.90 Å². The third-order valence-electron chi connectivity index (χ3n) is 2.98. The van der Waals surface area contributed by atoms with Crippen LogP contribution in [0.3, 0.4) is 0 Å². The lowest BCUT2D eigenvalue weighted by Crippen LogP contribution is -2.46. The number of carbonyl (C=O) groups is 1. The van der Waals surface area contributed by atoms with Crippen LogP contribution in [0, 0.1) is 5.92 Å². The van der Waals surface area contributed by atoms with E-state index in [0.29, 0.717) is 13.1 Å². The number of nitrogens with two attached hydrogens (primary N) is 1. The highest BCUT2D eigenvalue weighted by Gasteiger charge is 2.26. The average molecular weight is 214 g/mol. The maximum absolute atomic E-state index is 12.0. The summed E-state index contributed by atoms with van der Waals surface area (Å²) in [5.74, 6) is 0.0680. The minimum Gasteiger partial charge on any atom is -0.391 e. The van der Waals surface area contributed by atoms with Crippen LogP contribution in [0.15, 0.2) is 0 Å². The summed E-state index contributed by atoms with van der Waals surface area (Å²) in [6, 6.07) is 0. The van der Waals surface area contributed by atoms with Crippen LogP contribution < -0.4 is 5.73 Å². The Kier molecular flexibility index (Phi) is 5.05. The molecule has 3 N–H and O–H groups in total. The lowest BCUT2D eigenvalue weighted by molar-refractivity contribution is -0.138. The highest BCUT2D eigenvalue weighted by atomic mass is 16.3. The van der Waals surface area contributed by atoms with E-state index in [9.17, 15) is 9.90 Å². The van der Waals surface area contributed by atoms with Crippen LogP contribution >= 0.6 is 0 Å². The second kappa shape index (κ2) is 6.08. The van der Waals surface area contributed by atoms with Crippen molar-refractivity contribution >= 4 is 5.91 Å². The Morgan fingerprint density at radius 2 is 2.40 bits per heavy atom. The van der Waals surface area contributed by atoms with E-state index in [0.717, 1.165) is 32.2 Å². The summed E-state index contributed by atoms with van der Waals surface area (Å²) in [4.78, 5) is 13.8. The Morgan fingerprint density at radius 1 is 1.67 bits per heavy atom. The number of rotatable bonds is 4. The molecule has 15 heavy (non-hydrogen) atoms. The van der Waals surface area contributed by atoms with Gasteiger partial charge in [-0.1, -0.05) is 13.3 Å². The number of piperidine rings is 1. The molecule has 2 atom stereocenters. The highest BCUT2D eigenvalue weighted by Crippen LogP contribution is 2.15. The van der Waals surface area contributed by atoms with Gasteiger partial charge in [-0.25, -0.2) is 0 Å². The van der Waals surface area contributed by atoms with Gasteiger partial charge in [-0.05, 0) is 19.3 Å². The van der Waals surface area contributed by atoms with Crippen LogP contribution in [0.5, 0.6) is 0 Å². The molecule has 1 rings (SSSR count). The molecule has 0 saturated carbocycles. The number of likely N-dealkylation sites (tertiary alicyclic amines) is 1. The SMILES string of the molecule is CCCC(CN)C(=O)N1CCC[C@H](O)C1. The molecule has 1 amide bonds. The number of amides is 1. The molecule has 0 aromatic rings. The molecule has 4 nitrogen and oxygen atoms in total. The molecule has 0 aliphatic carbocycles. The Labute approximate surface area is 91.4 Å². The molecular formula is C11H22N2O2. The number of carbonyl (C=O) groups excluding carboxylic acids is 1. The second-order valence-electron chi connectivity index (χ2n) is 4.30. The van der Waals surface area contributed by atoms with E-state index in [-0.39, 0.29) is 17.9 Å². The first-order valence-electron chi connectivity index (χ1n) is 5.86. The monoisotopic (exact) mass is 214 g/mol. The minimum absolute atomic E-state index is 0.0553. The first-order chi connectivity index (χ1) is 7.19. The van der Waals surface area contributed by atoms with E-state index >= 15 is 0 Å². The molecule has 4 heteroatoms. The van der Waals surface area contributed by atoms with Crippen molar-refractivity contribution in [1.29, 1.82) is 0 Å². The lowest BCUT2D eigenvalue weighted by atomic mass is 10.00. The smallest absolute Gasteiger partial charge is 0.227 e. The lowest BCUT2D eigenvalue weighted by Gasteiger charge is -2.32. The molecule has 0 bridgehead atoms. The molecule has 1 unspecified atom stereocenters. The molecule has 0 spiro atoms. The van der Waals surface area contributed by atoms with E-state index in [1.54, 1.807) is 4.90 Å². The molecular weight excluding hydrogens is 192 g/mol. The first kappa shape index (κ1) is 12.5. The largest absolute Gasteiger partial charge is 0.391 e. The van der Waals surface area contributed by atoms with Crippen LogP contribution in [0.1, 0.15) is 32.6 Å². The van der Waals surface area contributed by atoms with Crippen LogP contribution in [0.4, 0.5) is 0 Å². The molecule has 88 valence electrons. The van der Waals surface area contributed by atoms with Gasteiger partial charge in [0.05, 0.1) is 12.0 Å². The summed E-state index contributed by atoms with van der Waals surface area (Å²) in [6.45, 7) is 3.73. The number of hydrogen-bond acceptors (Lipinski definition) is 3. The molecule has 0 aromatic heterocycles. The molecule has 1 heterocycles. The van der Waals surface area contributed by atoms with Crippen molar-refractivity contribution in [2.45, 2.75) is 38.7 Å². The summed E-state index contributed by atoms with van der Waals surface area (Å²) in [5, 5.41) is 9.49. The van der Waals surface area contributed by atoms with Gasteiger partial charge >= 0.3 is 0 Å². The fraction of sp³-hybridized carbons (Fsp3) is 0.909. The normalized spacial score (nSPS) is 23.9. The van der Waals surface area contributed by atoms with Crippen LogP contribution in [-0.2, 0) is 4.79 Å². The zero-order valence-electron chi connectivity index (χ0n) is 9.48. The average Bonchev–Trinajstić information content (AvgIpc) is 2.25. The van der Waals surface area contributed by atoms with Gasteiger partial charge < -0.3 is 15.7 Å². The van der Waals surface area contributed by atoms with E-state index in [1.165, 1.54) is 0 Å². The van der Waals surface area contributed by atoms with Crippen molar-refractivity contribution in [2.24, 2.45) is 11.7 Å². The van der Waals surface area contributed by atoms with Gasteiger partial charge in [0.1, 0.15) is 0 Å². The molecule has 1 aliphatic heterocycles. The van der Waals surface area contributed by atoms with Gasteiger partial charge in [-0.2, -0.15) is 0 Å². The third-order valence-corrected chi connectivity index (χ3v) is 2.98. The topological polar surface area (TPSA) is 66.6 Å². The van der Waals surface area contributed by atoms with Crippen LogP contribution in [0.2, 0.25) is 0 Å². The van der Waals surface area contributed by atoms with Gasteiger partial charge in [-0.15, -0.1) is 0 Å². The van der Waals surface area contributed by atoms with E-state index in [2.05, 4.69) is 6.92 Å². The maximum atomic E-state index is 12.0. The van der Waals surface area contributed by atoms with Crippen molar-refractivity contribution in [1.82, 2.24) is 4.90 Å². The minimum atomic E-state index is -0.345. The van der Waals surface area contributed by atoms with Gasteiger partial charge in [0.15, 0.2) is 0 Å². The van der Waals surface area contributed by atoms with Crippen molar-refractivity contribution in [3.05, 3.63) is 0 Å². The predicted molar refractivity (Wildman–Crippen MR) is 59.3 cm³/mol. The van der Waals surface area contributed by atoms with E-state index in [1.807, 2.05) is 0 Å². The fourth-order valence-corrected chi connectivity index (χ4v) is 2.10. The van der Waals surface area contributed by atoms with Crippen molar-refractivity contribution in [3.8, 4) is 0 Å². The molecule has 0 aromatic carbocycles. The van der Waals surface area contributed by atoms with Gasteiger partial charge in [0, 0.05) is 19.6 Å². The Bertz CT molecular complexity index is 209. The van der Waals surface area contributed by atoms with E-state index in [4.69, 9.17) is 5.73 Å². The number of aliphatic hydroxyl groups is 1. The standard InChI is InChI=1S/C11H22N2O2/c1-2-4-9(7-12)11(15)13-6-3-5-10(14)8-13/h9-10,14H,2-8,12H2,1H3/t9?,10-/m0/s1. The number of aliphatic hydroxyl groups excluding tert-OH is 1. The van der Waals surface area contributed by atoms with Crippen molar-refractivity contribution in [3.63, 3.8) is 0 Å². The summed E-state index contributed by atoms with van der Waals surface area (Å²) in [5.41, 5.74) is 5.59. The van der Waals surface area contributed by atoms with Gasteiger partial charge in [0.2, 0.25) is 5.91 Å². The van der Waals surface area contributed by atoms with Gasteiger partial charge in [0.25, 0.3) is 0 Å². The van der Waals surface area contributed by atoms with Crippen LogP contribution in [-0.4, -0.2) is 41.7 Å². The van der Waals surface area contributed by atoms with E-state index < -0.39 is 0 Å². The molecule has 1 saturated heterocycles. The summed E-state index contributed by atoms with van der Waals surface area (Å²) in [7, 11) is 0. The predicted octanol–water partition coefficient (Wildman–Crippen LogP) is 0.345. The zero-order chi connectivity index (χ0) is 11.3. The number of nitrogens with zero attached hydrogens (tertiary/aromatic N) is 1. The van der Waals surface area contributed by atoms with Gasteiger partial charge in [-0.3, -0.25) is 4.79 Å². The Balaban J connectivity index is 2.49. The van der Waals surface area contributed by atoms with Crippen molar-refractivity contribution in [2.75, 3.05) is 19.6 Å². The quantitative estimate of drug-likeness (QED) is 0.709. The fourth-order valence-electron chi connectivity index (χ4n) is 2.10. The summed E-state index contributed by atoms with van der Waals surface area (Å²) < 4.78 is 0. The Morgan fingerprint density at radius 3 is 2.93 bits per heavy atom. The maximum Gasteiger partial charge on any atom is 0.227 e. The zero-order valence-corrected chi connectivity index (χ0v) is 9.48. The summed E-state index contributed by atoms with van der Waals surface area (Å²) in [6.07, 6.45) is 3.19. The first-order valence-corrected chi connectivity index (χ1v) is 5.86. The second-order valence-corrected chi connectivity index (χ2v) is 4.30. The Hall–Kier alpha value is -0.610. The highest BCUT2D eigenvalue weighted by molar-refractivity contribution is 5.79. The number of hydrogen-bond donors (Lipinski definition) is 2. The third kappa shape index (κ3) is 3.47. The molecule has 1 aliphatic rings. The molecule has 1 fully saturated rings.